The Hall–Kier alpha value is -1.03. The molecule has 1 aliphatic carbocycles. The second-order valence-corrected chi connectivity index (χ2v) is 5.89. The number of aromatic hydroxyl groups is 1. The average molecular weight is 326 g/mol. The van der Waals surface area contributed by atoms with Crippen LogP contribution in [0, 0.1) is 6.92 Å². The van der Waals surface area contributed by atoms with Crippen molar-refractivity contribution < 1.29 is 9.90 Å². The maximum absolute atomic E-state index is 12.6. The molecule has 0 radical (unpaired) electrons. The van der Waals surface area contributed by atoms with Crippen LogP contribution < -0.4 is 0 Å². The van der Waals surface area contributed by atoms with Crippen molar-refractivity contribution in [3.8, 4) is 5.75 Å². The first-order valence-electron chi connectivity index (χ1n) is 6.80. The number of phenols is 1. The third kappa shape index (κ3) is 3.11. The van der Waals surface area contributed by atoms with Crippen molar-refractivity contribution in [3.63, 3.8) is 0 Å². The van der Waals surface area contributed by atoms with Crippen LogP contribution >= 0.6 is 15.9 Å². The van der Waals surface area contributed by atoms with Gasteiger partial charge in [0.15, 0.2) is 0 Å². The summed E-state index contributed by atoms with van der Waals surface area (Å²) in [7, 11) is 0. The van der Waals surface area contributed by atoms with Crippen molar-refractivity contribution in [2.75, 3.05) is 11.9 Å². The van der Waals surface area contributed by atoms with Gasteiger partial charge in [-0.2, -0.15) is 0 Å². The predicted molar refractivity (Wildman–Crippen MR) is 79.9 cm³/mol. The van der Waals surface area contributed by atoms with E-state index in [2.05, 4.69) is 15.9 Å². The second kappa shape index (κ2) is 6.42. The molecule has 1 amide bonds. The van der Waals surface area contributed by atoms with E-state index in [1.54, 1.807) is 6.07 Å². The first kappa shape index (κ1) is 14.4. The van der Waals surface area contributed by atoms with Crippen LogP contribution in [0.2, 0.25) is 0 Å². The maximum atomic E-state index is 12.6. The number of aryl methyl sites for hydroxylation is 1. The summed E-state index contributed by atoms with van der Waals surface area (Å²) in [6, 6.07) is 5.71. The Balaban J connectivity index is 2.20. The average Bonchev–Trinajstić information content (AvgIpc) is 2.34. The van der Waals surface area contributed by atoms with E-state index in [-0.39, 0.29) is 11.7 Å². The first-order chi connectivity index (χ1) is 9.15. The lowest BCUT2D eigenvalue weighted by Crippen LogP contribution is -2.44. The normalized spacial score (nSPS) is 15.1. The largest absolute Gasteiger partial charge is 0.507 e. The van der Waals surface area contributed by atoms with Crippen molar-refractivity contribution >= 4 is 21.8 Å². The molecule has 3 nitrogen and oxygen atoms in total. The summed E-state index contributed by atoms with van der Waals surface area (Å²) >= 11 is 3.41. The van der Waals surface area contributed by atoms with Crippen LogP contribution in [0.1, 0.15) is 41.6 Å². The van der Waals surface area contributed by atoms with E-state index >= 15 is 0 Å². The fourth-order valence-electron chi connectivity index (χ4n) is 2.36. The summed E-state index contributed by atoms with van der Waals surface area (Å²) in [6.45, 7) is 2.57. The lowest BCUT2D eigenvalue weighted by molar-refractivity contribution is 0.0578. The summed E-state index contributed by atoms with van der Waals surface area (Å²) in [5.74, 6) is 0.0857. The van der Waals surface area contributed by atoms with Gasteiger partial charge < -0.3 is 10.0 Å². The molecule has 0 saturated heterocycles. The van der Waals surface area contributed by atoms with E-state index in [0.29, 0.717) is 11.6 Å². The quantitative estimate of drug-likeness (QED) is 0.842. The van der Waals surface area contributed by atoms with Crippen molar-refractivity contribution in [2.45, 2.75) is 38.6 Å². The lowest BCUT2D eigenvalue weighted by atomic mass is 9.90. The van der Waals surface area contributed by atoms with Gasteiger partial charge in [-0.1, -0.05) is 28.1 Å². The smallest absolute Gasteiger partial charge is 0.257 e. The Bertz CT molecular complexity index is 457. The molecule has 4 heteroatoms. The zero-order valence-electron chi connectivity index (χ0n) is 11.2. The monoisotopic (exact) mass is 325 g/mol. The standard InChI is InChI=1S/C15H20BrNO2/c1-11-5-2-8-13(14(11)18)15(19)17(10-4-9-16)12-6-3-7-12/h2,5,8,12,18H,3-4,6-7,9-10H2,1H3. The molecule has 104 valence electrons. The highest BCUT2D eigenvalue weighted by molar-refractivity contribution is 9.09. The fraction of sp³-hybridized carbons (Fsp3) is 0.533. The number of hydrogen-bond donors (Lipinski definition) is 1. The molecule has 1 aliphatic rings. The number of alkyl halides is 1. The highest BCUT2D eigenvalue weighted by Gasteiger charge is 2.30. The molecular formula is C15H20BrNO2. The number of nitrogens with zero attached hydrogens (tertiary/aromatic N) is 1. The van der Waals surface area contributed by atoms with Crippen molar-refractivity contribution in [1.82, 2.24) is 4.90 Å². The molecule has 0 bridgehead atoms. The Morgan fingerprint density at radius 3 is 2.79 bits per heavy atom. The molecule has 1 N–H and O–H groups in total. The number of phenolic OH excluding ortho intramolecular Hbond substituents is 1. The van der Waals surface area contributed by atoms with Gasteiger partial charge in [0.25, 0.3) is 5.91 Å². The zero-order chi connectivity index (χ0) is 13.8. The highest BCUT2D eigenvalue weighted by Crippen LogP contribution is 2.29. The molecule has 1 aromatic rings. The van der Waals surface area contributed by atoms with E-state index in [0.717, 1.165) is 36.7 Å². The maximum Gasteiger partial charge on any atom is 0.257 e. The Labute approximate surface area is 122 Å². The molecule has 1 fully saturated rings. The summed E-state index contributed by atoms with van der Waals surface area (Å²) in [4.78, 5) is 14.5. The Kier molecular flexibility index (Phi) is 4.86. The van der Waals surface area contributed by atoms with Gasteiger partial charge in [0.1, 0.15) is 5.75 Å². The van der Waals surface area contributed by atoms with Gasteiger partial charge in [0.05, 0.1) is 5.56 Å². The number of benzene rings is 1. The molecule has 0 unspecified atom stereocenters. The van der Waals surface area contributed by atoms with E-state index in [9.17, 15) is 9.90 Å². The number of rotatable bonds is 5. The number of halogens is 1. The van der Waals surface area contributed by atoms with Crippen LogP contribution in [0.5, 0.6) is 5.75 Å². The van der Waals surface area contributed by atoms with Gasteiger partial charge in [-0.15, -0.1) is 0 Å². The number of amides is 1. The predicted octanol–water partition coefficient (Wildman–Crippen LogP) is 3.48. The van der Waals surface area contributed by atoms with Crippen LogP contribution in [-0.2, 0) is 0 Å². The van der Waals surface area contributed by atoms with Crippen LogP contribution in [0.4, 0.5) is 0 Å². The van der Waals surface area contributed by atoms with Gasteiger partial charge in [0.2, 0.25) is 0 Å². The van der Waals surface area contributed by atoms with Crippen LogP contribution in [0.3, 0.4) is 0 Å². The van der Waals surface area contributed by atoms with Crippen LogP contribution in [0.25, 0.3) is 0 Å². The van der Waals surface area contributed by atoms with Crippen LogP contribution in [0.15, 0.2) is 18.2 Å². The van der Waals surface area contributed by atoms with Gasteiger partial charge in [-0.25, -0.2) is 0 Å². The van der Waals surface area contributed by atoms with Crippen molar-refractivity contribution in [3.05, 3.63) is 29.3 Å². The molecule has 19 heavy (non-hydrogen) atoms. The van der Waals surface area contributed by atoms with E-state index in [4.69, 9.17) is 0 Å². The van der Waals surface area contributed by atoms with Crippen molar-refractivity contribution in [1.29, 1.82) is 0 Å². The number of carbonyl (C=O) groups is 1. The summed E-state index contributed by atoms with van der Waals surface area (Å²) < 4.78 is 0. The first-order valence-corrected chi connectivity index (χ1v) is 7.93. The minimum Gasteiger partial charge on any atom is -0.507 e. The molecule has 0 aromatic heterocycles. The minimum atomic E-state index is -0.0353. The molecule has 1 saturated carbocycles. The Morgan fingerprint density at radius 2 is 2.21 bits per heavy atom. The number of hydrogen-bond acceptors (Lipinski definition) is 2. The molecular weight excluding hydrogens is 306 g/mol. The third-order valence-electron chi connectivity index (χ3n) is 3.78. The van der Waals surface area contributed by atoms with Gasteiger partial charge >= 0.3 is 0 Å². The van der Waals surface area contributed by atoms with Gasteiger partial charge in [-0.05, 0) is 44.2 Å². The topological polar surface area (TPSA) is 40.5 Å². The molecule has 0 heterocycles. The molecule has 2 rings (SSSR count). The van der Waals surface area contributed by atoms with Crippen LogP contribution in [-0.4, -0.2) is 33.8 Å². The fourth-order valence-corrected chi connectivity index (χ4v) is 2.62. The second-order valence-electron chi connectivity index (χ2n) is 5.10. The molecule has 0 atom stereocenters. The SMILES string of the molecule is Cc1cccc(C(=O)N(CCCBr)C2CCC2)c1O. The Morgan fingerprint density at radius 1 is 1.47 bits per heavy atom. The molecule has 1 aromatic carbocycles. The van der Waals surface area contributed by atoms with E-state index in [1.165, 1.54) is 6.42 Å². The van der Waals surface area contributed by atoms with E-state index < -0.39 is 0 Å². The minimum absolute atomic E-state index is 0.0353. The summed E-state index contributed by atoms with van der Waals surface area (Å²) in [5.41, 5.74) is 1.18. The van der Waals surface area contributed by atoms with Crippen molar-refractivity contribution in [2.24, 2.45) is 0 Å². The summed E-state index contributed by atoms with van der Waals surface area (Å²) in [6.07, 6.45) is 4.30. The highest BCUT2D eigenvalue weighted by atomic mass is 79.9. The molecule has 0 spiro atoms. The van der Waals surface area contributed by atoms with Gasteiger partial charge in [0, 0.05) is 17.9 Å². The summed E-state index contributed by atoms with van der Waals surface area (Å²) in [5, 5.41) is 11.0. The number of para-hydroxylation sites is 1. The number of carbonyl (C=O) groups excluding carboxylic acids is 1. The molecule has 0 aliphatic heterocycles. The zero-order valence-corrected chi connectivity index (χ0v) is 12.8. The van der Waals surface area contributed by atoms with E-state index in [1.807, 2.05) is 24.0 Å². The van der Waals surface area contributed by atoms with Gasteiger partial charge in [-0.3, -0.25) is 4.79 Å². The lowest BCUT2D eigenvalue weighted by Gasteiger charge is -2.37. The third-order valence-corrected chi connectivity index (χ3v) is 4.34.